The van der Waals surface area contributed by atoms with Gasteiger partial charge in [-0.05, 0) is 42.7 Å². The molecule has 0 bridgehead atoms. The smallest absolute Gasteiger partial charge is 0.372 e. The van der Waals surface area contributed by atoms with E-state index in [9.17, 15) is 18.3 Å². The first-order valence-electron chi connectivity index (χ1n) is 10.2. The van der Waals surface area contributed by atoms with Crippen molar-refractivity contribution < 1.29 is 22.7 Å². The molecule has 0 aliphatic heterocycles. The van der Waals surface area contributed by atoms with Gasteiger partial charge < -0.3 is 9.52 Å². The summed E-state index contributed by atoms with van der Waals surface area (Å²) in [6.07, 6.45) is 0.572. The maximum atomic E-state index is 13.6. The van der Waals surface area contributed by atoms with E-state index in [0.717, 1.165) is 11.1 Å². The Bertz CT molecular complexity index is 1350. The molecule has 164 valence electrons. The van der Waals surface area contributed by atoms with Crippen LogP contribution in [-0.2, 0) is 23.0 Å². The van der Waals surface area contributed by atoms with Gasteiger partial charge in [0.2, 0.25) is 15.8 Å². The van der Waals surface area contributed by atoms with Gasteiger partial charge in [-0.15, -0.1) is 0 Å². The third kappa shape index (κ3) is 4.44. The summed E-state index contributed by atoms with van der Waals surface area (Å²) in [5.74, 6) is -1.36. The standard InChI is InChI=1S/C25H23NO5S/c1-18-22-16-21(12-13-23(22)31-24(18)25(27)28)32(29,30)26(17-20-10-6-3-7-11-20)15-14-19-8-4-2-5-9-19/h2-13,16H,14-15,17H2,1H3,(H,27,28). The highest BCUT2D eigenvalue weighted by atomic mass is 32.2. The highest BCUT2D eigenvalue weighted by molar-refractivity contribution is 7.89. The Balaban J connectivity index is 1.71. The zero-order chi connectivity index (χ0) is 22.7. The second-order valence-electron chi connectivity index (χ2n) is 7.58. The number of carboxylic acid groups (broad SMARTS) is 1. The van der Waals surface area contributed by atoms with Crippen LogP contribution in [0.3, 0.4) is 0 Å². The van der Waals surface area contributed by atoms with Crippen LogP contribution in [0.1, 0.15) is 27.2 Å². The lowest BCUT2D eigenvalue weighted by Gasteiger charge is -2.22. The van der Waals surface area contributed by atoms with Gasteiger partial charge >= 0.3 is 5.97 Å². The number of aryl methyl sites for hydroxylation is 1. The normalized spacial score (nSPS) is 11.8. The first kappa shape index (κ1) is 21.8. The molecule has 0 fully saturated rings. The van der Waals surface area contributed by atoms with Crippen molar-refractivity contribution in [1.29, 1.82) is 0 Å². The Morgan fingerprint density at radius 1 is 0.938 bits per heavy atom. The average molecular weight is 450 g/mol. The van der Waals surface area contributed by atoms with Crippen LogP contribution in [0.2, 0.25) is 0 Å². The van der Waals surface area contributed by atoms with E-state index in [-0.39, 0.29) is 17.2 Å². The number of hydrogen-bond acceptors (Lipinski definition) is 4. The predicted molar refractivity (Wildman–Crippen MR) is 122 cm³/mol. The molecule has 32 heavy (non-hydrogen) atoms. The van der Waals surface area contributed by atoms with Crippen LogP contribution in [-0.4, -0.2) is 30.3 Å². The van der Waals surface area contributed by atoms with Crippen molar-refractivity contribution in [2.24, 2.45) is 0 Å². The Kier molecular flexibility index (Phi) is 6.12. The molecule has 4 aromatic rings. The second-order valence-corrected chi connectivity index (χ2v) is 9.52. The third-order valence-electron chi connectivity index (χ3n) is 5.43. The molecule has 0 aliphatic carbocycles. The number of furan rings is 1. The number of rotatable bonds is 8. The zero-order valence-electron chi connectivity index (χ0n) is 17.6. The number of hydrogen-bond donors (Lipinski definition) is 1. The molecule has 7 heteroatoms. The van der Waals surface area contributed by atoms with Gasteiger partial charge in [0, 0.05) is 24.0 Å². The molecular weight excluding hydrogens is 426 g/mol. The summed E-state index contributed by atoms with van der Waals surface area (Å²) < 4.78 is 34.1. The van der Waals surface area contributed by atoms with Crippen molar-refractivity contribution in [3.05, 3.63) is 101 Å². The van der Waals surface area contributed by atoms with Crippen LogP contribution in [0.15, 0.2) is 88.2 Å². The topological polar surface area (TPSA) is 87.8 Å². The predicted octanol–water partition coefficient (Wildman–Crippen LogP) is 4.87. The quantitative estimate of drug-likeness (QED) is 0.414. The third-order valence-corrected chi connectivity index (χ3v) is 7.28. The van der Waals surface area contributed by atoms with Gasteiger partial charge in [0.25, 0.3) is 0 Å². The molecule has 0 radical (unpaired) electrons. The summed E-state index contributed by atoms with van der Waals surface area (Å²) in [6, 6.07) is 23.7. The molecule has 1 aromatic heterocycles. The zero-order valence-corrected chi connectivity index (χ0v) is 18.4. The molecule has 0 aliphatic rings. The Labute approximate surface area is 186 Å². The summed E-state index contributed by atoms with van der Waals surface area (Å²) in [7, 11) is -3.84. The molecule has 1 heterocycles. The van der Waals surface area contributed by atoms with Gasteiger partial charge in [-0.25, -0.2) is 13.2 Å². The van der Waals surface area contributed by atoms with Gasteiger partial charge in [-0.3, -0.25) is 0 Å². The molecule has 3 aromatic carbocycles. The first-order chi connectivity index (χ1) is 15.4. The molecule has 0 spiro atoms. The summed E-state index contributed by atoms with van der Waals surface area (Å²) >= 11 is 0. The number of benzene rings is 3. The lowest BCUT2D eigenvalue weighted by atomic mass is 10.1. The fraction of sp³-hybridized carbons (Fsp3) is 0.160. The fourth-order valence-corrected chi connectivity index (χ4v) is 5.14. The van der Waals surface area contributed by atoms with Crippen molar-refractivity contribution in [1.82, 2.24) is 4.31 Å². The number of carbonyl (C=O) groups is 1. The maximum Gasteiger partial charge on any atom is 0.372 e. The van der Waals surface area contributed by atoms with E-state index in [1.807, 2.05) is 60.7 Å². The molecule has 0 unspecified atom stereocenters. The van der Waals surface area contributed by atoms with E-state index in [1.54, 1.807) is 6.92 Å². The Morgan fingerprint density at radius 2 is 1.56 bits per heavy atom. The van der Waals surface area contributed by atoms with Crippen molar-refractivity contribution in [2.45, 2.75) is 24.8 Å². The lowest BCUT2D eigenvalue weighted by molar-refractivity contribution is 0.0664. The van der Waals surface area contributed by atoms with Gasteiger partial charge in [-0.2, -0.15) is 4.31 Å². The molecule has 0 atom stereocenters. The summed E-state index contributed by atoms with van der Waals surface area (Å²) in [5.41, 5.74) is 2.69. The van der Waals surface area contributed by atoms with Crippen molar-refractivity contribution in [3.8, 4) is 0 Å². The van der Waals surface area contributed by atoms with E-state index in [0.29, 0.717) is 29.5 Å². The SMILES string of the molecule is Cc1c(C(=O)O)oc2ccc(S(=O)(=O)N(CCc3ccccc3)Cc3ccccc3)cc12. The van der Waals surface area contributed by atoms with E-state index in [2.05, 4.69) is 0 Å². The molecule has 1 N–H and O–H groups in total. The van der Waals surface area contributed by atoms with Crippen LogP contribution < -0.4 is 0 Å². The minimum absolute atomic E-state index is 0.106. The highest BCUT2D eigenvalue weighted by Gasteiger charge is 2.26. The van der Waals surface area contributed by atoms with Gasteiger partial charge in [0.1, 0.15) is 5.58 Å². The number of carboxylic acids is 1. The van der Waals surface area contributed by atoms with Crippen LogP contribution in [0.4, 0.5) is 0 Å². The molecular formula is C25H23NO5S. The first-order valence-corrected chi connectivity index (χ1v) is 11.6. The van der Waals surface area contributed by atoms with Crippen molar-refractivity contribution >= 4 is 27.0 Å². The van der Waals surface area contributed by atoms with Crippen molar-refractivity contribution in [3.63, 3.8) is 0 Å². The Hall–Kier alpha value is -3.42. The molecule has 0 saturated carbocycles. The van der Waals surface area contributed by atoms with E-state index >= 15 is 0 Å². The van der Waals surface area contributed by atoms with Crippen molar-refractivity contribution in [2.75, 3.05) is 6.54 Å². The van der Waals surface area contributed by atoms with E-state index in [4.69, 9.17) is 4.42 Å². The number of nitrogens with zero attached hydrogens (tertiary/aromatic N) is 1. The van der Waals surface area contributed by atoms with Crippen LogP contribution in [0.25, 0.3) is 11.0 Å². The largest absolute Gasteiger partial charge is 0.475 e. The molecule has 6 nitrogen and oxygen atoms in total. The molecule has 0 saturated heterocycles. The minimum atomic E-state index is -3.84. The molecule has 0 amide bonds. The van der Waals surface area contributed by atoms with Gasteiger partial charge in [0.05, 0.1) is 4.90 Å². The monoisotopic (exact) mass is 449 g/mol. The highest BCUT2D eigenvalue weighted by Crippen LogP contribution is 2.29. The van der Waals surface area contributed by atoms with Crippen LogP contribution in [0.5, 0.6) is 0 Å². The van der Waals surface area contributed by atoms with E-state index < -0.39 is 16.0 Å². The lowest BCUT2D eigenvalue weighted by Crippen LogP contribution is -2.32. The summed E-state index contributed by atoms with van der Waals surface area (Å²) in [5, 5.41) is 9.78. The van der Waals surface area contributed by atoms with Gasteiger partial charge in [-0.1, -0.05) is 60.7 Å². The number of aromatic carboxylic acids is 1. The minimum Gasteiger partial charge on any atom is -0.475 e. The number of sulfonamides is 1. The fourth-order valence-electron chi connectivity index (χ4n) is 3.68. The molecule has 4 rings (SSSR count). The van der Waals surface area contributed by atoms with E-state index in [1.165, 1.54) is 22.5 Å². The number of fused-ring (bicyclic) bond motifs is 1. The summed E-state index contributed by atoms with van der Waals surface area (Å²) in [4.78, 5) is 11.5. The maximum absolute atomic E-state index is 13.6. The summed E-state index contributed by atoms with van der Waals surface area (Å²) in [6.45, 7) is 2.16. The van der Waals surface area contributed by atoms with Crippen LogP contribution in [0, 0.1) is 6.92 Å². The second kappa shape index (κ2) is 8.98. The van der Waals surface area contributed by atoms with Crippen LogP contribution >= 0.6 is 0 Å². The Morgan fingerprint density at radius 3 is 2.19 bits per heavy atom. The average Bonchev–Trinajstić information content (AvgIpc) is 3.14. The van der Waals surface area contributed by atoms with Gasteiger partial charge in [0.15, 0.2) is 0 Å².